The number of nitrogens with two attached hydrogens (primary N) is 1. The largest absolute Gasteiger partial charge is 0.507 e. The molecule has 0 spiro atoms. The van der Waals surface area contributed by atoms with Crippen molar-refractivity contribution in [3.8, 4) is 5.75 Å². The zero-order valence-corrected chi connectivity index (χ0v) is 21.4. The molecule has 6 atom stereocenters. The van der Waals surface area contributed by atoms with Gasteiger partial charge in [-0.2, -0.15) is 0 Å². The van der Waals surface area contributed by atoms with Crippen molar-refractivity contribution in [2.45, 2.75) is 44.2 Å². The van der Waals surface area contributed by atoms with E-state index in [0.717, 1.165) is 5.69 Å². The Morgan fingerprint density at radius 3 is 2.22 bits per heavy atom. The molecule has 0 radical (unpaired) electrons. The molecule has 2 unspecified atom stereocenters. The Bertz CT molecular complexity index is 1200. The number of carbonyl (C=O) groups is 5. The number of primary amides is 1. The van der Waals surface area contributed by atoms with Gasteiger partial charge < -0.3 is 20.8 Å². The standard InChI is InChI=1S/C26H33N3O7/c1-10(2)12-9-15(28(3)4)13-7-11-8-14-19(29(5)6)22(32)18(25(27)35)24(34)26(14,36)23(33)16(11)21(31)17(13)20(12)30/h9-11,14,16,18-19,30,36H,7-8H2,1-6H3,(H2,27,35)/t11-,14-,16?,18?,19-,26-/m0/s1. The minimum Gasteiger partial charge on any atom is -0.507 e. The molecule has 4 N–H and O–H groups in total. The SMILES string of the molecule is CC(C)c1cc(N(C)C)c2c(c1O)C(=O)C1C(=O)[C@]3(O)C(=O)C(C(N)=O)C(=O)[C@@H](N(C)C)[C@@H]3C[C@@H]1C2. The number of rotatable bonds is 4. The number of amides is 1. The van der Waals surface area contributed by atoms with Crippen molar-refractivity contribution >= 4 is 34.7 Å². The number of benzene rings is 1. The van der Waals surface area contributed by atoms with Crippen molar-refractivity contribution in [1.29, 1.82) is 0 Å². The van der Waals surface area contributed by atoms with Crippen LogP contribution in [0.1, 0.15) is 47.7 Å². The minimum absolute atomic E-state index is 0.0245. The smallest absolute Gasteiger partial charge is 0.235 e. The van der Waals surface area contributed by atoms with Crippen LogP contribution in [0.5, 0.6) is 5.75 Å². The summed E-state index contributed by atoms with van der Waals surface area (Å²) in [5.41, 5.74) is 4.53. The van der Waals surface area contributed by atoms with Crippen LogP contribution in [0.25, 0.3) is 0 Å². The van der Waals surface area contributed by atoms with E-state index in [-0.39, 0.29) is 30.1 Å². The highest BCUT2D eigenvalue weighted by Crippen LogP contribution is 2.52. The van der Waals surface area contributed by atoms with Gasteiger partial charge in [-0.25, -0.2) is 0 Å². The van der Waals surface area contributed by atoms with E-state index in [0.29, 0.717) is 11.1 Å². The molecule has 194 valence electrons. The van der Waals surface area contributed by atoms with Crippen LogP contribution in [-0.2, 0) is 25.6 Å². The van der Waals surface area contributed by atoms with Gasteiger partial charge in [0, 0.05) is 25.7 Å². The number of anilines is 1. The first-order valence-electron chi connectivity index (χ1n) is 12.1. The lowest BCUT2D eigenvalue weighted by Crippen LogP contribution is -2.74. The van der Waals surface area contributed by atoms with Gasteiger partial charge in [-0.05, 0) is 56.0 Å². The van der Waals surface area contributed by atoms with Crippen LogP contribution in [0.15, 0.2) is 6.07 Å². The Morgan fingerprint density at radius 1 is 1.11 bits per heavy atom. The average Bonchev–Trinajstić information content (AvgIpc) is 2.75. The molecule has 0 heterocycles. The molecule has 0 bridgehead atoms. The number of hydrogen-bond acceptors (Lipinski definition) is 9. The van der Waals surface area contributed by atoms with Gasteiger partial charge in [-0.3, -0.25) is 28.9 Å². The Labute approximate surface area is 209 Å². The van der Waals surface area contributed by atoms with E-state index in [9.17, 15) is 34.2 Å². The van der Waals surface area contributed by atoms with Gasteiger partial charge in [0.05, 0.1) is 17.5 Å². The summed E-state index contributed by atoms with van der Waals surface area (Å²) in [5, 5.41) is 22.7. The normalized spacial score (nSPS) is 31.9. The number of aromatic hydroxyl groups is 1. The van der Waals surface area contributed by atoms with Gasteiger partial charge in [-0.1, -0.05) is 13.8 Å². The predicted octanol–water partition coefficient (Wildman–Crippen LogP) is 0.0564. The van der Waals surface area contributed by atoms with Crippen molar-refractivity contribution < 1.29 is 34.2 Å². The maximum Gasteiger partial charge on any atom is 0.235 e. The first-order valence-corrected chi connectivity index (χ1v) is 12.1. The van der Waals surface area contributed by atoms with Crippen molar-refractivity contribution in [3.63, 3.8) is 0 Å². The van der Waals surface area contributed by atoms with Gasteiger partial charge in [-0.15, -0.1) is 0 Å². The second-order valence-corrected chi connectivity index (χ2v) is 11.0. The van der Waals surface area contributed by atoms with Crippen LogP contribution in [0, 0.1) is 23.7 Å². The first-order chi connectivity index (χ1) is 16.7. The van der Waals surface area contributed by atoms with E-state index in [1.807, 2.05) is 38.9 Å². The second kappa shape index (κ2) is 8.48. The molecule has 3 aliphatic rings. The van der Waals surface area contributed by atoms with Gasteiger partial charge >= 0.3 is 0 Å². The zero-order valence-electron chi connectivity index (χ0n) is 21.4. The van der Waals surface area contributed by atoms with E-state index in [1.54, 1.807) is 14.1 Å². The topological polar surface area (TPSA) is 158 Å². The molecule has 10 nitrogen and oxygen atoms in total. The fourth-order valence-electron chi connectivity index (χ4n) is 6.51. The number of likely N-dealkylation sites (N-methyl/N-ethyl adjacent to an activating group) is 1. The third-order valence-electron chi connectivity index (χ3n) is 8.17. The van der Waals surface area contributed by atoms with Crippen molar-refractivity contribution in [1.82, 2.24) is 4.90 Å². The Hall–Kier alpha value is -3.11. The van der Waals surface area contributed by atoms with Crippen LogP contribution in [-0.4, -0.2) is 84.0 Å². The molecule has 1 aromatic rings. The summed E-state index contributed by atoms with van der Waals surface area (Å²) in [6.45, 7) is 3.75. The number of carbonyl (C=O) groups excluding carboxylic acids is 5. The molecule has 2 fully saturated rings. The van der Waals surface area contributed by atoms with Crippen molar-refractivity contribution in [3.05, 3.63) is 22.8 Å². The first kappa shape index (κ1) is 26.0. The third kappa shape index (κ3) is 3.34. The lowest BCUT2D eigenvalue weighted by molar-refractivity contribution is -0.181. The minimum atomic E-state index is -2.72. The number of Topliss-reactive ketones (excluding diaryl/α,β-unsaturated/α-hetero) is 4. The van der Waals surface area contributed by atoms with Gasteiger partial charge in [0.15, 0.2) is 34.7 Å². The molecule has 0 aliphatic heterocycles. The Balaban J connectivity index is 1.92. The monoisotopic (exact) mass is 499 g/mol. The maximum absolute atomic E-state index is 13.9. The van der Waals surface area contributed by atoms with Crippen LogP contribution < -0.4 is 10.6 Å². The number of ketones is 4. The molecule has 1 aromatic carbocycles. The van der Waals surface area contributed by atoms with Crippen LogP contribution in [0.2, 0.25) is 0 Å². The summed E-state index contributed by atoms with van der Waals surface area (Å²) in [6.07, 6.45) is 0.273. The summed E-state index contributed by atoms with van der Waals surface area (Å²) < 4.78 is 0. The van der Waals surface area contributed by atoms with E-state index < -0.39 is 64.4 Å². The average molecular weight is 500 g/mol. The molecule has 36 heavy (non-hydrogen) atoms. The van der Waals surface area contributed by atoms with Crippen molar-refractivity contribution in [2.24, 2.45) is 29.4 Å². The third-order valence-corrected chi connectivity index (χ3v) is 8.17. The quantitative estimate of drug-likeness (QED) is 0.487. The number of fused-ring (bicyclic) bond motifs is 3. The molecule has 2 saturated carbocycles. The molecule has 3 aliphatic carbocycles. The number of nitrogens with zero attached hydrogens (tertiary/aromatic N) is 2. The lowest BCUT2D eigenvalue weighted by Gasteiger charge is -2.52. The molecule has 0 saturated heterocycles. The molecule has 1 amide bonds. The predicted molar refractivity (Wildman–Crippen MR) is 130 cm³/mol. The number of hydrogen-bond donors (Lipinski definition) is 3. The Kier molecular flexibility index (Phi) is 6.12. The van der Waals surface area contributed by atoms with E-state index >= 15 is 0 Å². The van der Waals surface area contributed by atoms with Gasteiger partial charge in [0.1, 0.15) is 5.75 Å². The number of aliphatic hydroxyl groups is 1. The fourth-order valence-corrected chi connectivity index (χ4v) is 6.51. The number of phenolic OH excluding ortho intramolecular Hbond substituents is 1. The lowest BCUT2D eigenvalue weighted by atomic mass is 9.52. The highest BCUT2D eigenvalue weighted by Gasteiger charge is 2.69. The summed E-state index contributed by atoms with van der Waals surface area (Å²) >= 11 is 0. The highest BCUT2D eigenvalue weighted by molar-refractivity contribution is 6.32. The molecule has 4 rings (SSSR count). The summed E-state index contributed by atoms with van der Waals surface area (Å²) in [7, 11) is 6.76. The van der Waals surface area contributed by atoms with Gasteiger partial charge in [0.2, 0.25) is 5.91 Å². The van der Waals surface area contributed by atoms with Crippen LogP contribution in [0.4, 0.5) is 5.69 Å². The Morgan fingerprint density at radius 2 is 1.72 bits per heavy atom. The molecular formula is C26H33N3O7. The summed E-state index contributed by atoms with van der Waals surface area (Å²) in [5.74, 6) is -10.4. The van der Waals surface area contributed by atoms with Crippen LogP contribution in [0.3, 0.4) is 0 Å². The van der Waals surface area contributed by atoms with E-state index in [4.69, 9.17) is 5.73 Å². The summed E-state index contributed by atoms with van der Waals surface area (Å²) in [4.78, 5) is 69.6. The van der Waals surface area contributed by atoms with Gasteiger partial charge in [0.25, 0.3) is 0 Å². The maximum atomic E-state index is 13.9. The molecular weight excluding hydrogens is 466 g/mol. The van der Waals surface area contributed by atoms with E-state index in [2.05, 4.69) is 0 Å². The van der Waals surface area contributed by atoms with E-state index in [1.165, 1.54) is 4.90 Å². The molecule has 10 heteroatoms. The van der Waals surface area contributed by atoms with Crippen LogP contribution >= 0.6 is 0 Å². The zero-order chi connectivity index (χ0) is 27.0. The fraction of sp³-hybridized carbons (Fsp3) is 0.577. The van der Waals surface area contributed by atoms with Crippen molar-refractivity contribution in [2.75, 3.05) is 33.1 Å². The highest BCUT2D eigenvalue weighted by atomic mass is 16.3. The second-order valence-electron chi connectivity index (χ2n) is 11.0. The number of phenols is 1. The summed E-state index contributed by atoms with van der Waals surface area (Å²) in [6, 6.07) is 0.720. The molecule has 0 aromatic heterocycles.